The fourth-order valence-corrected chi connectivity index (χ4v) is 3.22. The first kappa shape index (κ1) is 16.6. The molecule has 0 saturated carbocycles. The van der Waals surface area contributed by atoms with Crippen molar-refractivity contribution in [2.45, 2.75) is 13.3 Å². The molecule has 1 atom stereocenters. The van der Waals surface area contributed by atoms with Gasteiger partial charge < -0.3 is 20.5 Å². The number of hydrogen-bond donors (Lipinski definition) is 2. The van der Waals surface area contributed by atoms with Gasteiger partial charge in [-0.1, -0.05) is 23.8 Å². The summed E-state index contributed by atoms with van der Waals surface area (Å²) >= 11 is 0. The van der Waals surface area contributed by atoms with E-state index < -0.39 is 0 Å². The first-order chi connectivity index (χ1) is 11.7. The largest absolute Gasteiger partial charge is 0.369 e. The molecule has 1 aliphatic carbocycles. The van der Waals surface area contributed by atoms with Crippen molar-refractivity contribution in [2.75, 3.05) is 50.0 Å². The maximum absolute atomic E-state index is 7.83. The maximum atomic E-state index is 7.83. The molecular weight excluding hydrogens is 300 g/mol. The number of piperazine rings is 1. The molecule has 1 fully saturated rings. The SMILES string of the molecule is CC1=CC(CNc2ncnc(N3CCN(C)CC3)c2C=N)CC=C1. The standard InChI is InChI=1S/C18H26N6/c1-14-4-3-5-15(10-14)12-20-17-16(11-19)18(22-13-21-17)24-8-6-23(2)7-9-24/h3-4,10-11,13,15,19H,5-9,12H2,1-2H3,(H,20,21,22). The lowest BCUT2D eigenvalue weighted by Crippen LogP contribution is -2.45. The Morgan fingerprint density at radius 3 is 2.79 bits per heavy atom. The smallest absolute Gasteiger partial charge is 0.143 e. The van der Waals surface area contributed by atoms with Gasteiger partial charge in [0.05, 0.1) is 5.56 Å². The van der Waals surface area contributed by atoms with E-state index in [1.165, 1.54) is 11.8 Å². The lowest BCUT2D eigenvalue weighted by Gasteiger charge is -2.34. The van der Waals surface area contributed by atoms with E-state index in [0.717, 1.165) is 56.3 Å². The second-order valence-electron chi connectivity index (χ2n) is 6.58. The van der Waals surface area contributed by atoms with Crippen LogP contribution >= 0.6 is 0 Å². The molecule has 24 heavy (non-hydrogen) atoms. The molecule has 6 nitrogen and oxygen atoms in total. The van der Waals surface area contributed by atoms with E-state index in [9.17, 15) is 0 Å². The lowest BCUT2D eigenvalue weighted by atomic mass is 9.97. The monoisotopic (exact) mass is 326 g/mol. The highest BCUT2D eigenvalue weighted by Crippen LogP contribution is 2.24. The van der Waals surface area contributed by atoms with E-state index in [0.29, 0.717) is 5.92 Å². The Labute approximate surface area is 143 Å². The molecule has 2 heterocycles. The second-order valence-corrected chi connectivity index (χ2v) is 6.58. The molecule has 1 aromatic rings. The van der Waals surface area contributed by atoms with E-state index in [4.69, 9.17) is 5.41 Å². The van der Waals surface area contributed by atoms with Crippen LogP contribution < -0.4 is 10.2 Å². The number of rotatable bonds is 5. The summed E-state index contributed by atoms with van der Waals surface area (Å²) in [4.78, 5) is 13.4. The Hall–Kier alpha value is -2.21. The third-order valence-electron chi connectivity index (χ3n) is 4.66. The van der Waals surface area contributed by atoms with Gasteiger partial charge in [-0.2, -0.15) is 0 Å². The van der Waals surface area contributed by atoms with Gasteiger partial charge in [-0.3, -0.25) is 0 Å². The Morgan fingerprint density at radius 1 is 1.29 bits per heavy atom. The molecule has 128 valence electrons. The van der Waals surface area contributed by atoms with Gasteiger partial charge in [-0.25, -0.2) is 9.97 Å². The molecule has 2 N–H and O–H groups in total. The van der Waals surface area contributed by atoms with Crippen LogP contribution in [-0.2, 0) is 0 Å². The molecule has 0 aromatic carbocycles. The summed E-state index contributed by atoms with van der Waals surface area (Å²) in [6, 6.07) is 0. The molecule has 0 spiro atoms. The average Bonchev–Trinajstić information content (AvgIpc) is 2.60. The van der Waals surface area contributed by atoms with E-state index in [1.54, 1.807) is 6.33 Å². The Balaban J connectivity index is 1.73. The quantitative estimate of drug-likeness (QED) is 0.812. The molecule has 1 unspecified atom stereocenters. The average molecular weight is 326 g/mol. The molecule has 3 rings (SSSR count). The van der Waals surface area contributed by atoms with Crippen LogP contribution in [-0.4, -0.2) is 60.9 Å². The first-order valence-corrected chi connectivity index (χ1v) is 8.55. The number of nitrogens with zero attached hydrogens (tertiary/aromatic N) is 4. The molecule has 1 aliphatic heterocycles. The van der Waals surface area contributed by atoms with E-state index >= 15 is 0 Å². The zero-order valence-electron chi connectivity index (χ0n) is 14.5. The molecule has 0 radical (unpaired) electrons. The molecule has 1 saturated heterocycles. The van der Waals surface area contributed by atoms with Gasteiger partial charge in [-0.15, -0.1) is 0 Å². The molecular formula is C18H26N6. The van der Waals surface area contributed by atoms with Crippen molar-refractivity contribution in [2.24, 2.45) is 5.92 Å². The number of nitrogens with one attached hydrogen (secondary N) is 2. The highest BCUT2D eigenvalue weighted by Gasteiger charge is 2.20. The fraction of sp³-hybridized carbons (Fsp3) is 0.500. The summed E-state index contributed by atoms with van der Waals surface area (Å²) < 4.78 is 0. The normalized spacial score (nSPS) is 21.5. The molecule has 0 amide bonds. The molecule has 2 aliphatic rings. The van der Waals surface area contributed by atoms with Crippen LogP contribution in [0.3, 0.4) is 0 Å². The minimum absolute atomic E-state index is 0.468. The maximum Gasteiger partial charge on any atom is 0.143 e. The topological polar surface area (TPSA) is 68.1 Å². The highest BCUT2D eigenvalue weighted by molar-refractivity contribution is 5.91. The van der Waals surface area contributed by atoms with Crippen molar-refractivity contribution in [1.82, 2.24) is 14.9 Å². The summed E-state index contributed by atoms with van der Waals surface area (Å²) in [6.45, 7) is 6.85. The molecule has 1 aromatic heterocycles. The summed E-state index contributed by atoms with van der Waals surface area (Å²) in [6.07, 6.45) is 10.7. The van der Waals surface area contributed by atoms with Gasteiger partial charge in [0.25, 0.3) is 0 Å². The van der Waals surface area contributed by atoms with Crippen LogP contribution in [0.2, 0.25) is 0 Å². The van der Waals surface area contributed by atoms with Crippen molar-refractivity contribution in [1.29, 1.82) is 5.41 Å². The van der Waals surface area contributed by atoms with Crippen LogP contribution in [0.25, 0.3) is 0 Å². The van der Waals surface area contributed by atoms with Crippen LogP contribution in [0.15, 0.2) is 30.1 Å². The zero-order valence-corrected chi connectivity index (χ0v) is 14.5. The van der Waals surface area contributed by atoms with E-state index in [1.807, 2.05) is 0 Å². The number of anilines is 2. The van der Waals surface area contributed by atoms with Crippen LogP contribution in [0.5, 0.6) is 0 Å². The molecule has 6 heteroatoms. The van der Waals surface area contributed by atoms with E-state index in [-0.39, 0.29) is 0 Å². The highest BCUT2D eigenvalue weighted by atomic mass is 15.3. The van der Waals surface area contributed by atoms with Gasteiger partial charge in [0.1, 0.15) is 18.0 Å². The number of aromatic nitrogens is 2. The predicted molar refractivity (Wildman–Crippen MR) is 99.1 cm³/mol. The van der Waals surface area contributed by atoms with Gasteiger partial charge in [0.15, 0.2) is 0 Å². The number of hydrogen-bond acceptors (Lipinski definition) is 6. The predicted octanol–water partition coefficient (Wildman–Crippen LogP) is 2.16. The molecule has 0 bridgehead atoms. The third-order valence-corrected chi connectivity index (χ3v) is 4.66. The van der Waals surface area contributed by atoms with Crippen LogP contribution in [0.4, 0.5) is 11.6 Å². The summed E-state index contributed by atoms with van der Waals surface area (Å²) in [5, 5.41) is 11.3. The third kappa shape index (κ3) is 3.82. The van der Waals surface area contributed by atoms with Gasteiger partial charge >= 0.3 is 0 Å². The van der Waals surface area contributed by atoms with Crippen molar-refractivity contribution in [3.63, 3.8) is 0 Å². The Kier molecular flexibility index (Phi) is 5.25. The van der Waals surface area contributed by atoms with Crippen molar-refractivity contribution in [3.8, 4) is 0 Å². The van der Waals surface area contributed by atoms with Gasteiger partial charge in [0, 0.05) is 38.9 Å². The second kappa shape index (κ2) is 7.57. The lowest BCUT2D eigenvalue weighted by molar-refractivity contribution is 0.312. The summed E-state index contributed by atoms with van der Waals surface area (Å²) in [7, 11) is 2.13. The van der Waals surface area contributed by atoms with Crippen molar-refractivity contribution < 1.29 is 0 Å². The van der Waals surface area contributed by atoms with Gasteiger partial charge in [-0.05, 0) is 26.3 Å². The van der Waals surface area contributed by atoms with Crippen molar-refractivity contribution in [3.05, 3.63) is 35.7 Å². The summed E-state index contributed by atoms with van der Waals surface area (Å²) in [5.74, 6) is 2.09. The number of allylic oxidation sites excluding steroid dienone is 3. The first-order valence-electron chi connectivity index (χ1n) is 8.55. The van der Waals surface area contributed by atoms with Crippen LogP contribution in [0.1, 0.15) is 18.9 Å². The minimum Gasteiger partial charge on any atom is -0.369 e. The zero-order chi connectivity index (χ0) is 16.9. The number of likely N-dealkylation sites (N-methyl/N-ethyl adjacent to an activating group) is 1. The van der Waals surface area contributed by atoms with E-state index in [2.05, 4.69) is 57.3 Å². The minimum atomic E-state index is 0.468. The van der Waals surface area contributed by atoms with Crippen LogP contribution in [0, 0.1) is 11.3 Å². The summed E-state index contributed by atoms with van der Waals surface area (Å²) in [5.41, 5.74) is 2.09. The van der Waals surface area contributed by atoms with Crippen molar-refractivity contribution >= 4 is 17.9 Å². The Morgan fingerprint density at radius 2 is 2.08 bits per heavy atom. The Bertz CT molecular complexity index is 643. The fourth-order valence-electron chi connectivity index (χ4n) is 3.22. The van der Waals surface area contributed by atoms with Gasteiger partial charge in [0.2, 0.25) is 0 Å².